The monoisotopic (exact) mass is 260 g/mol. The number of ether oxygens (including phenoxy) is 1. The third-order valence-electron chi connectivity index (χ3n) is 3.39. The van der Waals surface area contributed by atoms with Gasteiger partial charge >= 0.3 is 0 Å². The van der Waals surface area contributed by atoms with Crippen molar-refractivity contribution in [1.29, 1.82) is 0 Å². The Labute approximate surface area is 106 Å². The molecule has 94 valence electrons. The zero-order valence-electron chi connectivity index (χ0n) is 11.4. The van der Waals surface area contributed by atoms with E-state index in [4.69, 9.17) is 16.3 Å². The Balaban J connectivity index is 3.08. The van der Waals surface area contributed by atoms with Crippen LogP contribution in [0.3, 0.4) is 0 Å². The van der Waals surface area contributed by atoms with Crippen LogP contribution in [0.5, 0.6) is 0 Å². The lowest BCUT2D eigenvalue weighted by molar-refractivity contribution is -0.0153. The van der Waals surface area contributed by atoms with Crippen molar-refractivity contribution in [3.63, 3.8) is 0 Å². The molecule has 0 radical (unpaired) electrons. The summed E-state index contributed by atoms with van der Waals surface area (Å²) < 4.78 is 6.14. The van der Waals surface area contributed by atoms with Gasteiger partial charge in [-0.1, -0.05) is 51.5 Å². The summed E-state index contributed by atoms with van der Waals surface area (Å²) in [6, 6.07) is 0. The van der Waals surface area contributed by atoms with Gasteiger partial charge in [0.25, 0.3) is 0 Å². The number of rotatable bonds is 3. The summed E-state index contributed by atoms with van der Waals surface area (Å²) in [5.41, 5.74) is 0. The minimum absolute atomic E-state index is 0.257. The normalized spacial score (nSPS) is 29.4. The summed E-state index contributed by atoms with van der Waals surface area (Å²) in [7, 11) is -1.37. The van der Waals surface area contributed by atoms with E-state index in [9.17, 15) is 0 Å². The van der Waals surface area contributed by atoms with Gasteiger partial charge in [-0.05, 0) is 18.0 Å². The molecule has 0 amide bonds. The molecule has 1 aliphatic rings. The molecule has 1 rings (SSSR count). The second-order valence-corrected chi connectivity index (χ2v) is 11.5. The minimum atomic E-state index is -1.37. The van der Waals surface area contributed by atoms with Gasteiger partial charge in [0.2, 0.25) is 0 Å². The van der Waals surface area contributed by atoms with Gasteiger partial charge in [0.05, 0.1) is 20.3 Å². The molecular formula is C13H25ClOSi. The fourth-order valence-electron chi connectivity index (χ4n) is 2.35. The molecule has 0 aromatic heterocycles. The van der Waals surface area contributed by atoms with E-state index >= 15 is 0 Å². The quantitative estimate of drug-likeness (QED) is 0.675. The molecule has 3 atom stereocenters. The van der Waals surface area contributed by atoms with Crippen LogP contribution in [0, 0.1) is 5.92 Å². The van der Waals surface area contributed by atoms with Crippen LogP contribution in [0.4, 0.5) is 0 Å². The van der Waals surface area contributed by atoms with Gasteiger partial charge < -0.3 is 4.74 Å². The number of halogens is 1. The van der Waals surface area contributed by atoms with E-state index in [0.29, 0.717) is 5.92 Å². The molecule has 0 fully saturated rings. The Hall–Kier alpha value is 0.207. The van der Waals surface area contributed by atoms with Crippen molar-refractivity contribution < 1.29 is 4.74 Å². The summed E-state index contributed by atoms with van der Waals surface area (Å²) in [4.78, 5) is 0. The number of hydrogen-bond acceptors (Lipinski definition) is 1. The van der Waals surface area contributed by atoms with Crippen LogP contribution in [0.15, 0.2) is 10.2 Å². The van der Waals surface area contributed by atoms with E-state index in [-0.39, 0.29) is 12.2 Å². The SMILES string of the molecule is CCC(C)[C@@H]1O[C@@H](C)CC(Cl)=C1[Si](C)(C)C. The molecule has 0 spiro atoms. The van der Waals surface area contributed by atoms with Crippen molar-refractivity contribution in [2.75, 3.05) is 0 Å². The second-order valence-electron chi connectivity index (χ2n) is 6.03. The van der Waals surface area contributed by atoms with Crippen LogP contribution in [0.1, 0.15) is 33.6 Å². The first-order valence-electron chi connectivity index (χ1n) is 6.31. The van der Waals surface area contributed by atoms with E-state index < -0.39 is 8.07 Å². The summed E-state index contributed by atoms with van der Waals surface area (Å²) in [6.07, 6.45) is 2.57. The van der Waals surface area contributed by atoms with Crippen molar-refractivity contribution >= 4 is 19.7 Å². The molecule has 0 aliphatic carbocycles. The van der Waals surface area contributed by atoms with Gasteiger partial charge in [0.15, 0.2) is 0 Å². The zero-order valence-corrected chi connectivity index (χ0v) is 13.2. The predicted molar refractivity (Wildman–Crippen MR) is 74.6 cm³/mol. The maximum Gasteiger partial charge on any atom is 0.0793 e. The molecule has 1 nitrogen and oxygen atoms in total. The molecule has 0 N–H and O–H groups in total. The Morgan fingerprint density at radius 3 is 2.44 bits per heavy atom. The first-order chi connectivity index (χ1) is 7.27. The van der Waals surface area contributed by atoms with E-state index in [0.717, 1.165) is 17.9 Å². The average molecular weight is 261 g/mol. The summed E-state index contributed by atoms with van der Waals surface area (Å²) in [6.45, 7) is 13.7. The first-order valence-corrected chi connectivity index (χ1v) is 10.2. The van der Waals surface area contributed by atoms with Crippen molar-refractivity contribution in [2.24, 2.45) is 5.92 Å². The molecule has 0 saturated carbocycles. The van der Waals surface area contributed by atoms with Crippen LogP contribution in [0.25, 0.3) is 0 Å². The van der Waals surface area contributed by atoms with Gasteiger partial charge in [-0.15, -0.1) is 0 Å². The van der Waals surface area contributed by atoms with Gasteiger partial charge in [-0.2, -0.15) is 0 Å². The highest BCUT2D eigenvalue weighted by Crippen LogP contribution is 2.37. The maximum atomic E-state index is 6.49. The van der Waals surface area contributed by atoms with Gasteiger partial charge in [-0.25, -0.2) is 0 Å². The summed E-state index contributed by atoms with van der Waals surface area (Å²) >= 11 is 6.49. The van der Waals surface area contributed by atoms with Crippen LogP contribution >= 0.6 is 11.6 Å². The van der Waals surface area contributed by atoms with Crippen molar-refractivity contribution in [2.45, 2.75) is 65.5 Å². The van der Waals surface area contributed by atoms with E-state index in [1.54, 1.807) is 0 Å². The molecule has 3 heteroatoms. The number of hydrogen-bond donors (Lipinski definition) is 0. The Bertz CT molecular complexity index is 280. The minimum Gasteiger partial charge on any atom is -0.371 e. The molecule has 0 aromatic rings. The molecule has 1 unspecified atom stereocenters. The van der Waals surface area contributed by atoms with Crippen LogP contribution in [-0.2, 0) is 4.74 Å². The van der Waals surface area contributed by atoms with E-state index in [1.165, 1.54) is 5.20 Å². The fourth-order valence-corrected chi connectivity index (χ4v) is 5.65. The van der Waals surface area contributed by atoms with Crippen LogP contribution < -0.4 is 0 Å². The van der Waals surface area contributed by atoms with Gasteiger partial charge in [0, 0.05) is 11.5 Å². The fraction of sp³-hybridized carbons (Fsp3) is 0.846. The second kappa shape index (κ2) is 5.24. The average Bonchev–Trinajstić information content (AvgIpc) is 2.12. The highest BCUT2D eigenvalue weighted by Gasteiger charge is 2.37. The lowest BCUT2D eigenvalue weighted by Gasteiger charge is -2.39. The molecule has 16 heavy (non-hydrogen) atoms. The lowest BCUT2D eigenvalue weighted by Crippen LogP contribution is -2.42. The van der Waals surface area contributed by atoms with Crippen molar-refractivity contribution in [3.8, 4) is 0 Å². The third-order valence-corrected chi connectivity index (χ3v) is 6.11. The van der Waals surface area contributed by atoms with Crippen molar-refractivity contribution in [1.82, 2.24) is 0 Å². The molecule has 1 heterocycles. The maximum absolute atomic E-state index is 6.49. The first kappa shape index (κ1) is 14.3. The lowest BCUT2D eigenvalue weighted by atomic mass is 9.98. The van der Waals surface area contributed by atoms with E-state index in [2.05, 4.69) is 40.4 Å². The standard InChI is InChI=1S/C13H25ClOSi/c1-7-9(2)12-13(16(4,5)6)11(14)8-10(3)15-12/h9-10,12H,7-8H2,1-6H3/t9?,10-,12-/m0/s1. The summed E-state index contributed by atoms with van der Waals surface area (Å²) in [5, 5.41) is 2.53. The van der Waals surface area contributed by atoms with Crippen LogP contribution in [0.2, 0.25) is 19.6 Å². The highest BCUT2D eigenvalue weighted by molar-refractivity contribution is 6.84. The Kier molecular flexibility index (Phi) is 4.67. The van der Waals surface area contributed by atoms with Gasteiger partial charge in [0.1, 0.15) is 0 Å². The zero-order chi connectivity index (χ0) is 12.5. The molecule has 0 bridgehead atoms. The highest BCUT2D eigenvalue weighted by atomic mass is 35.5. The molecule has 0 aromatic carbocycles. The van der Waals surface area contributed by atoms with E-state index in [1.807, 2.05) is 0 Å². The molecular weight excluding hydrogens is 236 g/mol. The topological polar surface area (TPSA) is 9.23 Å². The largest absolute Gasteiger partial charge is 0.371 e. The summed E-state index contributed by atoms with van der Waals surface area (Å²) in [5.74, 6) is 0.568. The smallest absolute Gasteiger partial charge is 0.0793 e. The van der Waals surface area contributed by atoms with Crippen molar-refractivity contribution in [3.05, 3.63) is 10.2 Å². The molecule has 1 aliphatic heterocycles. The Morgan fingerprint density at radius 2 is 2.00 bits per heavy atom. The Morgan fingerprint density at radius 1 is 1.44 bits per heavy atom. The third kappa shape index (κ3) is 3.11. The van der Waals surface area contributed by atoms with Crippen LogP contribution in [-0.4, -0.2) is 20.3 Å². The predicted octanol–water partition coefficient (Wildman–Crippen LogP) is 4.58. The van der Waals surface area contributed by atoms with Gasteiger partial charge in [-0.3, -0.25) is 0 Å². The molecule has 0 saturated heterocycles.